The van der Waals surface area contributed by atoms with Crippen LogP contribution in [0.3, 0.4) is 0 Å². The Labute approximate surface area is 191 Å². The summed E-state index contributed by atoms with van der Waals surface area (Å²) in [6, 6.07) is -1.84. The van der Waals surface area contributed by atoms with Crippen LogP contribution in [-0.4, -0.2) is 81.5 Å². The number of ether oxygens (including phenoxy) is 1. The number of hydroxylamine groups is 2. The summed E-state index contributed by atoms with van der Waals surface area (Å²) in [5.74, 6) is -0.244. The van der Waals surface area contributed by atoms with Gasteiger partial charge in [0.1, 0.15) is 6.04 Å². The van der Waals surface area contributed by atoms with Crippen molar-refractivity contribution in [1.82, 2.24) is 30.0 Å². The van der Waals surface area contributed by atoms with Gasteiger partial charge in [0.15, 0.2) is 18.4 Å². The second kappa shape index (κ2) is 10.5. The maximum atomic E-state index is 13.0. The van der Waals surface area contributed by atoms with E-state index in [0.29, 0.717) is 36.6 Å². The van der Waals surface area contributed by atoms with Gasteiger partial charge in [-0.3, -0.25) is 9.48 Å². The maximum absolute atomic E-state index is 13.0. The first-order valence-corrected chi connectivity index (χ1v) is 11.1. The Balaban J connectivity index is 1.90. The van der Waals surface area contributed by atoms with Gasteiger partial charge in [0, 0.05) is 45.5 Å². The number of nitrogens with zero attached hydrogens (tertiary/aromatic N) is 5. The number of nitrogens with one attached hydrogen (secondary N) is 1. The lowest BCUT2D eigenvalue weighted by molar-refractivity contribution is -0.134. The summed E-state index contributed by atoms with van der Waals surface area (Å²) < 4.78 is 21.9. The van der Waals surface area contributed by atoms with Crippen molar-refractivity contribution in [3.63, 3.8) is 0 Å². The Bertz CT molecular complexity index is 874. The number of fused-ring (bicyclic) bond motifs is 4. The molecule has 2 atom stereocenters. The molecule has 1 saturated heterocycles. The molecule has 2 aliphatic rings. The Kier molecular flexibility index (Phi) is 8.00. The van der Waals surface area contributed by atoms with E-state index in [1.165, 1.54) is 9.80 Å². The van der Waals surface area contributed by atoms with Gasteiger partial charge in [-0.15, -0.1) is 0 Å². The lowest BCUT2D eigenvalue weighted by atomic mass is 9.94. The quantitative estimate of drug-likeness (QED) is 0.401. The molecule has 1 aromatic heterocycles. The number of hydrogen-bond acceptors (Lipinski definition) is 9. The van der Waals surface area contributed by atoms with Crippen LogP contribution in [0.2, 0.25) is 0 Å². The molecule has 2 aliphatic heterocycles. The second-order valence-corrected chi connectivity index (χ2v) is 8.07. The zero-order valence-electron chi connectivity index (χ0n) is 18.8. The Hall–Kier alpha value is -2.32. The molecular weight excluding hydrogens is 438 g/mol. The summed E-state index contributed by atoms with van der Waals surface area (Å²) in [6.07, 6.45) is 2.89. The Morgan fingerprint density at radius 3 is 2.84 bits per heavy atom. The molecule has 4 N–H and O–H groups in total. The van der Waals surface area contributed by atoms with Gasteiger partial charge >= 0.3 is 6.03 Å². The number of carbonyl (C=O) groups is 2. The van der Waals surface area contributed by atoms with E-state index in [4.69, 9.17) is 14.8 Å². The molecule has 3 heterocycles. The van der Waals surface area contributed by atoms with Crippen LogP contribution in [-0.2, 0) is 27.5 Å². The number of likely N-dealkylation sites (N-methyl/N-ethyl adjacent to an activating group) is 1. The van der Waals surface area contributed by atoms with Gasteiger partial charge < -0.3 is 30.1 Å². The van der Waals surface area contributed by atoms with Crippen LogP contribution in [0.5, 0.6) is 0 Å². The van der Waals surface area contributed by atoms with Crippen molar-refractivity contribution in [3.8, 4) is 0 Å². The third-order valence-corrected chi connectivity index (χ3v) is 5.66. The third-order valence-electron chi connectivity index (χ3n) is 5.43. The first-order chi connectivity index (χ1) is 15.3. The van der Waals surface area contributed by atoms with E-state index in [0.717, 1.165) is 17.2 Å². The van der Waals surface area contributed by atoms with E-state index < -0.39 is 18.1 Å². The first kappa shape index (κ1) is 24.3. The molecule has 0 spiro atoms. The molecule has 0 radical (unpaired) electrons. The molecule has 1 fully saturated rings. The summed E-state index contributed by atoms with van der Waals surface area (Å²) in [5, 5.41) is 8.93. The third kappa shape index (κ3) is 4.57. The van der Waals surface area contributed by atoms with Crippen molar-refractivity contribution >= 4 is 24.3 Å². The lowest BCUT2D eigenvalue weighted by Crippen LogP contribution is -2.43. The van der Waals surface area contributed by atoms with Crippen LogP contribution in [0.4, 0.5) is 4.79 Å². The number of carbonyl (C=O) groups excluding carboxylic acids is 2. The van der Waals surface area contributed by atoms with Crippen LogP contribution >= 0.6 is 12.3 Å². The predicted molar refractivity (Wildman–Crippen MR) is 118 cm³/mol. The summed E-state index contributed by atoms with van der Waals surface area (Å²) >= 11 is 0.0883. The van der Waals surface area contributed by atoms with Crippen molar-refractivity contribution in [1.29, 1.82) is 0 Å². The average molecular weight is 470 g/mol. The molecule has 2 unspecified atom stereocenters. The van der Waals surface area contributed by atoms with Gasteiger partial charge in [0.2, 0.25) is 0 Å². The Morgan fingerprint density at radius 2 is 2.22 bits per heavy atom. The van der Waals surface area contributed by atoms with Crippen molar-refractivity contribution < 1.29 is 23.2 Å². The maximum Gasteiger partial charge on any atom is 0.346 e. The molecule has 12 nitrogen and oxygen atoms in total. The minimum atomic E-state index is -0.839. The van der Waals surface area contributed by atoms with Crippen LogP contribution in [0, 0.1) is 0 Å². The highest BCUT2D eigenvalue weighted by atomic mass is 32.2. The number of rotatable bonds is 11. The largest absolute Gasteiger partial charge is 0.385 e. The average Bonchev–Trinajstić information content (AvgIpc) is 3.22. The molecule has 0 saturated carbocycles. The predicted octanol–water partition coefficient (Wildman–Crippen LogP) is 0.753. The number of aryl methyl sites for hydroxylation is 1. The molecule has 0 aliphatic carbocycles. The number of nitrogens with two attached hydrogens (primary N) is 1. The molecule has 1 aromatic rings. The van der Waals surface area contributed by atoms with Gasteiger partial charge in [-0.2, -0.15) is 14.4 Å². The molecule has 32 heavy (non-hydrogen) atoms. The number of hydrogen-bond donors (Lipinski definition) is 3. The Morgan fingerprint density at radius 1 is 1.47 bits per heavy atom. The normalized spacial score (nSPS) is 20.1. The topological polar surface area (TPSA) is 138 Å². The van der Waals surface area contributed by atoms with E-state index >= 15 is 0 Å². The molecule has 3 amide bonds. The summed E-state index contributed by atoms with van der Waals surface area (Å²) in [4.78, 5) is 28.8. The molecule has 178 valence electrons. The van der Waals surface area contributed by atoms with Crippen LogP contribution in [0.1, 0.15) is 42.4 Å². The van der Waals surface area contributed by atoms with E-state index in [9.17, 15) is 14.1 Å². The van der Waals surface area contributed by atoms with Gasteiger partial charge in [-0.05, 0) is 6.42 Å². The van der Waals surface area contributed by atoms with E-state index in [2.05, 4.69) is 10.4 Å². The van der Waals surface area contributed by atoms with E-state index in [-0.39, 0.29) is 31.4 Å². The molecule has 13 heteroatoms. The minimum Gasteiger partial charge on any atom is -0.385 e. The standard InChI is InChI=1S/C19H31N7O5S/c1-5-6-12(21-8-7-20)10-30-11-13-15-14-9-25(19(28)26(14)31-32-29)17(18(27)23(2)3)16(15)24(4)22-13/h6,14,17,21,29H,5,7-11,20H2,1-4H3/b12-6+. The van der Waals surface area contributed by atoms with Crippen molar-refractivity contribution in [2.45, 2.75) is 32.0 Å². The fraction of sp³-hybridized carbons (Fsp3) is 0.632. The summed E-state index contributed by atoms with van der Waals surface area (Å²) in [6.45, 7) is 3.98. The van der Waals surface area contributed by atoms with Crippen molar-refractivity contribution in [2.75, 3.05) is 40.3 Å². The number of urea groups is 1. The van der Waals surface area contributed by atoms with Gasteiger partial charge in [0.25, 0.3) is 5.91 Å². The van der Waals surface area contributed by atoms with Crippen molar-refractivity contribution in [2.24, 2.45) is 12.8 Å². The van der Waals surface area contributed by atoms with E-state index in [1.54, 1.807) is 25.8 Å². The fourth-order valence-corrected chi connectivity index (χ4v) is 4.35. The lowest BCUT2D eigenvalue weighted by Gasteiger charge is -2.32. The molecule has 0 aromatic carbocycles. The monoisotopic (exact) mass is 469 g/mol. The highest BCUT2D eigenvalue weighted by Crippen LogP contribution is 2.46. The number of allylic oxidation sites excluding steroid dienone is 1. The van der Waals surface area contributed by atoms with Crippen molar-refractivity contribution in [3.05, 3.63) is 28.7 Å². The highest BCUT2D eigenvalue weighted by Gasteiger charge is 2.54. The highest BCUT2D eigenvalue weighted by molar-refractivity contribution is 7.88. The number of aromatic nitrogens is 2. The molecule has 3 rings (SSSR count). The molecule has 2 bridgehead atoms. The van der Waals surface area contributed by atoms with Crippen LogP contribution in [0.25, 0.3) is 0 Å². The van der Waals surface area contributed by atoms with Gasteiger partial charge in [0.05, 0.1) is 31.1 Å². The molecular formula is C19H31N7O5S. The minimum absolute atomic E-state index is 0.0883. The number of amides is 3. The van der Waals surface area contributed by atoms with Gasteiger partial charge in [-0.1, -0.05) is 13.0 Å². The smallest absolute Gasteiger partial charge is 0.346 e. The van der Waals surface area contributed by atoms with Crippen LogP contribution < -0.4 is 11.1 Å². The SMILES string of the molecule is CC/C=C(\COCc1nn(C)c2c1C1CN(C(=O)N1OSO)C2C(=O)N(C)C)NCCN. The van der Waals surface area contributed by atoms with Crippen LogP contribution in [0.15, 0.2) is 11.8 Å². The zero-order chi connectivity index (χ0) is 23.4. The fourth-order valence-electron chi connectivity index (χ4n) is 4.11. The summed E-state index contributed by atoms with van der Waals surface area (Å²) in [7, 11) is 5.03. The second-order valence-electron chi connectivity index (χ2n) is 7.78. The van der Waals surface area contributed by atoms with E-state index in [1.807, 2.05) is 13.0 Å². The first-order valence-electron chi connectivity index (χ1n) is 10.4. The zero-order valence-corrected chi connectivity index (χ0v) is 19.6. The summed E-state index contributed by atoms with van der Waals surface area (Å²) in [5.41, 5.74) is 8.45. The van der Waals surface area contributed by atoms with Gasteiger partial charge in [-0.25, -0.2) is 4.79 Å².